The minimum Gasteiger partial charge on any atom is -0.383 e. The number of piperazine rings is 1. The summed E-state index contributed by atoms with van der Waals surface area (Å²) in [6.45, 7) is 6.79. The number of anilines is 1. The molecule has 0 bridgehead atoms. The number of amides is 1. The predicted molar refractivity (Wildman–Crippen MR) is 157 cm³/mol. The van der Waals surface area contributed by atoms with Crippen LogP contribution in [0.4, 0.5) is 5.82 Å². The van der Waals surface area contributed by atoms with Gasteiger partial charge in [0.05, 0.1) is 30.9 Å². The van der Waals surface area contributed by atoms with Crippen molar-refractivity contribution in [3.05, 3.63) is 83.0 Å². The third-order valence-corrected chi connectivity index (χ3v) is 7.98. The zero-order chi connectivity index (χ0) is 28.1. The van der Waals surface area contributed by atoms with E-state index in [1.54, 1.807) is 12.3 Å². The smallest absolute Gasteiger partial charge is 0.255 e. The standard InChI is InChI=1S/C32H39N5O3/c1-22-5-3-6-23(17-22)21-40-30-8-4-7-28(30)35-32(39)27-18-26(19-34-31(27)33)24-9-11-25(12-10-24)29(38)20-37-15-13-36(2)14-16-37/h3,5-6,9-12,17-19,28,30H,4,7-8,13-16,20-21H2,1-2H3,(H2,33,34)(H,35,39)/t28-,30-/m0/s1. The van der Waals surface area contributed by atoms with Crippen molar-refractivity contribution in [2.24, 2.45) is 0 Å². The number of nitrogens with two attached hydrogens (primary N) is 1. The Morgan fingerprint density at radius 3 is 2.55 bits per heavy atom. The summed E-state index contributed by atoms with van der Waals surface area (Å²) < 4.78 is 6.21. The van der Waals surface area contributed by atoms with E-state index in [4.69, 9.17) is 10.5 Å². The van der Waals surface area contributed by atoms with Crippen molar-refractivity contribution in [1.29, 1.82) is 0 Å². The molecular formula is C32H39N5O3. The quantitative estimate of drug-likeness (QED) is 0.396. The van der Waals surface area contributed by atoms with Crippen LogP contribution in [0.5, 0.6) is 0 Å². The monoisotopic (exact) mass is 541 g/mol. The summed E-state index contributed by atoms with van der Waals surface area (Å²) in [7, 11) is 2.10. The van der Waals surface area contributed by atoms with Gasteiger partial charge in [-0.3, -0.25) is 14.5 Å². The number of nitrogens with zero attached hydrogens (tertiary/aromatic N) is 3. The highest BCUT2D eigenvalue weighted by molar-refractivity contribution is 6.00. The summed E-state index contributed by atoms with van der Waals surface area (Å²) in [6.07, 6.45) is 4.39. The Morgan fingerprint density at radius 2 is 1.80 bits per heavy atom. The lowest BCUT2D eigenvalue weighted by molar-refractivity contribution is 0.0272. The van der Waals surface area contributed by atoms with Crippen LogP contribution in [-0.4, -0.2) is 78.4 Å². The highest BCUT2D eigenvalue weighted by Gasteiger charge is 2.30. The lowest BCUT2D eigenvalue weighted by atomic mass is 10.0. The maximum Gasteiger partial charge on any atom is 0.255 e. The minimum atomic E-state index is -0.248. The molecule has 1 aromatic heterocycles. The second-order valence-electron chi connectivity index (χ2n) is 11.1. The average Bonchev–Trinajstić information content (AvgIpc) is 3.40. The van der Waals surface area contributed by atoms with Gasteiger partial charge >= 0.3 is 0 Å². The number of hydrogen-bond donors (Lipinski definition) is 2. The van der Waals surface area contributed by atoms with Gasteiger partial charge in [0, 0.05) is 43.5 Å². The molecule has 2 aliphatic rings. The first-order valence-corrected chi connectivity index (χ1v) is 14.1. The fraction of sp³-hybridized carbons (Fsp3) is 0.406. The average molecular weight is 542 g/mol. The third kappa shape index (κ3) is 6.94. The first kappa shape index (κ1) is 28.0. The van der Waals surface area contributed by atoms with Crippen molar-refractivity contribution >= 4 is 17.5 Å². The Balaban J connectivity index is 1.21. The van der Waals surface area contributed by atoms with Gasteiger partial charge in [-0.2, -0.15) is 0 Å². The molecule has 8 heteroatoms. The van der Waals surface area contributed by atoms with E-state index in [1.807, 2.05) is 30.3 Å². The van der Waals surface area contributed by atoms with Crippen LogP contribution in [-0.2, 0) is 11.3 Å². The van der Waals surface area contributed by atoms with Crippen molar-refractivity contribution in [2.45, 2.75) is 44.9 Å². The largest absolute Gasteiger partial charge is 0.383 e. The lowest BCUT2D eigenvalue weighted by Crippen LogP contribution is -2.46. The van der Waals surface area contributed by atoms with Crippen molar-refractivity contribution in [1.82, 2.24) is 20.1 Å². The van der Waals surface area contributed by atoms with Crippen molar-refractivity contribution in [3.63, 3.8) is 0 Å². The number of Topliss-reactive ketones (excluding diaryl/α,β-unsaturated/α-hetero) is 1. The molecule has 3 aromatic rings. The number of hydrogen-bond acceptors (Lipinski definition) is 7. The van der Waals surface area contributed by atoms with Gasteiger partial charge in [-0.15, -0.1) is 0 Å². The molecule has 1 saturated heterocycles. The molecule has 8 nitrogen and oxygen atoms in total. The van der Waals surface area contributed by atoms with Crippen molar-refractivity contribution in [3.8, 4) is 11.1 Å². The third-order valence-electron chi connectivity index (χ3n) is 7.98. The Kier molecular flexibility index (Phi) is 8.89. The zero-order valence-electron chi connectivity index (χ0n) is 23.4. The van der Waals surface area contributed by atoms with Gasteiger partial charge in [-0.05, 0) is 50.4 Å². The fourth-order valence-electron chi connectivity index (χ4n) is 5.51. The van der Waals surface area contributed by atoms with Crippen LogP contribution in [0.25, 0.3) is 11.1 Å². The molecule has 0 radical (unpaired) electrons. The molecule has 5 rings (SSSR count). The van der Waals surface area contributed by atoms with Gasteiger partial charge in [0.25, 0.3) is 5.91 Å². The van der Waals surface area contributed by atoms with Gasteiger partial charge in [0.1, 0.15) is 5.82 Å². The topological polar surface area (TPSA) is 101 Å². The summed E-state index contributed by atoms with van der Waals surface area (Å²) in [6, 6.07) is 17.5. The van der Waals surface area contributed by atoms with E-state index in [9.17, 15) is 9.59 Å². The molecule has 2 fully saturated rings. The number of aryl methyl sites for hydroxylation is 1. The number of rotatable bonds is 9. The number of carbonyl (C=O) groups excluding carboxylic acids is 2. The SMILES string of the molecule is Cc1cccc(CO[C@H]2CCC[C@@H]2NC(=O)c2cc(-c3ccc(C(=O)CN4CCN(C)CC4)cc3)cnc2N)c1. The molecular weight excluding hydrogens is 502 g/mol. The Morgan fingerprint density at radius 1 is 1.02 bits per heavy atom. The molecule has 2 aromatic carbocycles. The van der Waals surface area contributed by atoms with E-state index in [1.165, 1.54) is 5.56 Å². The van der Waals surface area contributed by atoms with Crippen molar-refractivity contribution in [2.75, 3.05) is 45.5 Å². The van der Waals surface area contributed by atoms with Crippen LogP contribution in [0, 0.1) is 6.92 Å². The number of nitrogen functional groups attached to an aromatic ring is 1. The van der Waals surface area contributed by atoms with Gasteiger partial charge in [0.2, 0.25) is 0 Å². The van der Waals surface area contributed by atoms with Crippen LogP contribution in [0.15, 0.2) is 60.8 Å². The fourth-order valence-corrected chi connectivity index (χ4v) is 5.51. The first-order chi connectivity index (χ1) is 19.4. The Labute approximate surface area is 236 Å². The van der Waals surface area contributed by atoms with Crippen LogP contribution in [0.1, 0.15) is 51.1 Å². The molecule has 1 amide bonds. The first-order valence-electron chi connectivity index (χ1n) is 14.1. The highest BCUT2D eigenvalue weighted by atomic mass is 16.5. The maximum absolute atomic E-state index is 13.3. The molecule has 2 heterocycles. The number of aromatic nitrogens is 1. The summed E-state index contributed by atoms with van der Waals surface area (Å²) in [5, 5.41) is 3.14. The lowest BCUT2D eigenvalue weighted by Gasteiger charge is -2.31. The zero-order valence-corrected chi connectivity index (χ0v) is 23.4. The van der Waals surface area contributed by atoms with Gasteiger partial charge in [-0.1, -0.05) is 54.1 Å². The van der Waals surface area contributed by atoms with Crippen molar-refractivity contribution < 1.29 is 14.3 Å². The van der Waals surface area contributed by atoms with E-state index in [0.29, 0.717) is 24.3 Å². The van der Waals surface area contributed by atoms with Gasteiger partial charge in [-0.25, -0.2) is 4.98 Å². The normalized spacial score (nSPS) is 19.9. The number of ether oxygens (including phenoxy) is 1. The van der Waals surface area contributed by atoms with E-state index < -0.39 is 0 Å². The van der Waals surface area contributed by atoms with Gasteiger partial charge in [0.15, 0.2) is 5.78 Å². The van der Waals surface area contributed by atoms with Gasteiger partial charge < -0.3 is 20.7 Å². The summed E-state index contributed by atoms with van der Waals surface area (Å²) in [4.78, 5) is 34.9. The second-order valence-corrected chi connectivity index (χ2v) is 11.1. The Hall–Kier alpha value is -3.59. The Bertz CT molecular complexity index is 1330. The number of nitrogens with one attached hydrogen (secondary N) is 1. The van der Waals surface area contributed by atoms with Crippen LogP contribution >= 0.6 is 0 Å². The molecule has 0 spiro atoms. The molecule has 1 saturated carbocycles. The van der Waals surface area contributed by atoms with E-state index in [0.717, 1.165) is 62.1 Å². The molecule has 1 aliphatic carbocycles. The van der Waals surface area contributed by atoms with Crippen LogP contribution in [0.2, 0.25) is 0 Å². The van der Waals surface area contributed by atoms with Crippen LogP contribution in [0.3, 0.4) is 0 Å². The molecule has 3 N–H and O–H groups in total. The minimum absolute atomic E-state index is 0.0437. The number of benzene rings is 2. The summed E-state index contributed by atoms with van der Waals surface area (Å²) >= 11 is 0. The molecule has 40 heavy (non-hydrogen) atoms. The van der Waals surface area contributed by atoms with E-state index in [-0.39, 0.29) is 29.7 Å². The molecule has 0 unspecified atom stereocenters. The molecule has 2 atom stereocenters. The number of likely N-dealkylation sites (N-methyl/N-ethyl adjacent to an activating group) is 1. The van der Waals surface area contributed by atoms with E-state index >= 15 is 0 Å². The highest BCUT2D eigenvalue weighted by Crippen LogP contribution is 2.26. The number of pyridine rings is 1. The maximum atomic E-state index is 13.3. The predicted octanol–water partition coefficient (Wildman–Crippen LogP) is 3.94. The summed E-state index contributed by atoms with van der Waals surface area (Å²) in [5.74, 6) is 0.0552. The summed E-state index contributed by atoms with van der Waals surface area (Å²) in [5.41, 5.74) is 11.1. The molecule has 210 valence electrons. The van der Waals surface area contributed by atoms with E-state index in [2.05, 4.69) is 52.3 Å². The molecule has 1 aliphatic heterocycles. The number of ketones is 1. The second kappa shape index (κ2) is 12.7. The number of carbonyl (C=O) groups is 2. The van der Waals surface area contributed by atoms with Crippen LogP contribution < -0.4 is 11.1 Å².